The summed E-state index contributed by atoms with van der Waals surface area (Å²) in [7, 11) is 0. The summed E-state index contributed by atoms with van der Waals surface area (Å²) in [4.78, 5) is 29.2. The first-order valence-electron chi connectivity index (χ1n) is 13.2. The second-order valence-electron chi connectivity index (χ2n) is 9.82. The first kappa shape index (κ1) is 28.2. The second kappa shape index (κ2) is 14.4. The van der Waals surface area contributed by atoms with Crippen molar-refractivity contribution < 1.29 is 14.0 Å². The molecular formula is C31H34ClFN2O2S. The number of amides is 2. The van der Waals surface area contributed by atoms with E-state index < -0.39 is 6.04 Å². The van der Waals surface area contributed by atoms with Crippen LogP contribution in [-0.4, -0.2) is 34.6 Å². The summed E-state index contributed by atoms with van der Waals surface area (Å²) in [6, 6.07) is 23.1. The molecule has 0 heterocycles. The number of carbonyl (C=O) groups is 2. The number of nitrogens with one attached hydrogen (secondary N) is 1. The third-order valence-corrected chi connectivity index (χ3v) is 8.10. The Bertz CT molecular complexity index is 1190. The van der Waals surface area contributed by atoms with Gasteiger partial charge in [0.2, 0.25) is 11.8 Å². The van der Waals surface area contributed by atoms with Crippen LogP contribution in [0, 0.1) is 5.82 Å². The molecule has 38 heavy (non-hydrogen) atoms. The zero-order chi connectivity index (χ0) is 26.7. The summed E-state index contributed by atoms with van der Waals surface area (Å²) in [6.45, 7) is 0.284. The third-order valence-electron chi connectivity index (χ3n) is 6.87. The van der Waals surface area contributed by atoms with Crippen LogP contribution >= 0.6 is 23.4 Å². The highest BCUT2D eigenvalue weighted by Crippen LogP contribution is 2.22. The van der Waals surface area contributed by atoms with Gasteiger partial charge >= 0.3 is 0 Å². The van der Waals surface area contributed by atoms with Gasteiger partial charge < -0.3 is 10.2 Å². The Morgan fingerprint density at radius 3 is 2.34 bits per heavy atom. The molecule has 2 amide bonds. The summed E-state index contributed by atoms with van der Waals surface area (Å²) in [5, 5.41) is 3.85. The van der Waals surface area contributed by atoms with Crippen LogP contribution in [0.5, 0.6) is 0 Å². The molecule has 0 aromatic heterocycles. The maximum absolute atomic E-state index is 13.8. The molecule has 1 saturated carbocycles. The summed E-state index contributed by atoms with van der Waals surface area (Å²) in [5.41, 5.74) is 2.82. The number of carbonyl (C=O) groups excluding carboxylic acids is 2. The Morgan fingerprint density at radius 1 is 0.921 bits per heavy atom. The molecule has 1 unspecified atom stereocenters. The smallest absolute Gasteiger partial charge is 0.243 e. The summed E-state index contributed by atoms with van der Waals surface area (Å²) in [6.07, 6.45) is 5.79. The van der Waals surface area contributed by atoms with Gasteiger partial charge in [0.25, 0.3) is 0 Å². The maximum Gasteiger partial charge on any atom is 0.243 e. The number of hydrogen-bond donors (Lipinski definition) is 1. The summed E-state index contributed by atoms with van der Waals surface area (Å²) in [5.74, 6) is 0.279. The number of hydrogen-bond acceptors (Lipinski definition) is 3. The van der Waals surface area contributed by atoms with Crippen LogP contribution in [0.2, 0.25) is 5.02 Å². The number of benzene rings is 3. The Morgan fingerprint density at radius 2 is 1.63 bits per heavy atom. The van der Waals surface area contributed by atoms with Crippen LogP contribution in [0.4, 0.5) is 4.39 Å². The van der Waals surface area contributed by atoms with Crippen molar-refractivity contribution in [3.63, 3.8) is 0 Å². The molecule has 1 atom stereocenters. The van der Waals surface area contributed by atoms with Crippen molar-refractivity contribution in [2.75, 3.05) is 5.75 Å². The molecular weight excluding hydrogens is 519 g/mol. The van der Waals surface area contributed by atoms with E-state index in [2.05, 4.69) is 5.32 Å². The van der Waals surface area contributed by atoms with Crippen molar-refractivity contribution in [3.8, 4) is 0 Å². The van der Waals surface area contributed by atoms with Crippen molar-refractivity contribution in [3.05, 3.63) is 106 Å². The fourth-order valence-corrected chi connectivity index (χ4v) is 5.93. The monoisotopic (exact) mass is 552 g/mol. The highest BCUT2D eigenvalue weighted by atomic mass is 35.5. The van der Waals surface area contributed by atoms with Crippen LogP contribution in [0.3, 0.4) is 0 Å². The van der Waals surface area contributed by atoms with Crippen LogP contribution < -0.4 is 5.32 Å². The number of thioether (sulfide) groups is 1. The van der Waals surface area contributed by atoms with Crippen LogP contribution in [0.25, 0.3) is 0 Å². The fourth-order valence-electron chi connectivity index (χ4n) is 4.85. The lowest BCUT2D eigenvalue weighted by atomic mass is 9.94. The SMILES string of the molecule is O=C(NC1CCCCC1)C(Cc1ccccc1)N(Cc1cccc(Cl)c1)C(=O)CSCc1ccc(F)cc1. The van der Waals surface area contributed by atoms with Crippen molar-refractivity contribution in [1.29, 1.82) is 0 Å². The minimum atomic E-state index is -0.655. The molecule has 4 rings (SSSR count). The van der Waals surface area contributed by atoms with Crippen molar-refractivity contribution >= 4 is 35.2 Å². The zero-order valence-corrected chi connectivity index (χ0v) is 23.0. The number of rotatable bonds is 11. The molecule has 1 N–H and O–H groups in total. The largest absolute Gasteiger partial charge is 0.352 e. The average molecular weight is 553 g/mol. The molecule has 3 aromatic carbocycles. The van der Waals surface area contributed by atoms with Gasteiger partial charge in [-0.2, -0.15) is 0 Å². The van der Waals surface area contributed by atoms with Gasteiger partial charge in [-0.25, -0.2) is 4.39 Å². The molecule has 0 radical (unpaired) electrons. The standard InChI is InChI=1S/C31H34ClFN2O2S/c32-26-11-7-10-25(18-26)20-35(30(36)22-38-21-24-14-16-27(33)17-15-24)29(19-23-8-3-1-4-9-23)31(37)34-28-12-5-2-6-13-28/h1,3-4,7-11,14-18,28-29H,2,5-6,12-13,19-22H2,(H,34,37). The van der Waals surface area contributed by atoms with Gasteiger partial charge in [-0.05, 0) is 53.8 Å². The van der Waals surface area contributed by atoms with E-state index in [9.17, 15) is 14.0 Å². The third kappa shape index (κ3) is 8.60. The molecule has 0 saturated heterocycles. The van der Waals surface area contributed by atoms with E-state index >= 15 is 0 Å². The lowest BCUT2D eigenvalue weighted by Crippen LogP contribution is -2.53. The summed E-state index contributed by atoms with van der Waals surface area (Å²) < 4.78 is 13.3. The van der Waals surface area contributed by atoms with E-state index in [-0.39, 0.29) is 36.0 Å². The van der Waals surface area contributed by atoms with Crippen molar-refractivity contribution in [2.24, 2.45) is 0 Å². The molecule has 200 valence electrons. The zero-order valence-electron chi connectivity index (χ0n) is 21.5. The van der Waals surface area contributed by atoms with Crippen LogP contribution in [-0.2, 0) is 28.3 Å². The molecule has 0 spiro atoms. The number of nitrogens with zero attached hydrogens (tertiary/aromatic N) is 1. The van der Waals surface area contributed by atoms with Gasteiger partial charge in [-0.3, -0.25) is 9.59 Å². The van der Waals surface area contributed by atoms with Crippen molar-refractivity contribution in [2.45, 2.75) is 62.9 Å². The van der Waals surface area contributed by atoms with Gasteiger partial charge in [0.1, 0.15) is 11.9 Å². The topological polar surface area (TPSA) is 49.4 Å². The first-order chi connectivity index (χ1) is 18.5. The molecule has 1 aliphatic carbocycles. The maximum atomic E-state index is 13.8. The van der Waals surface area contributed by atoms with Gasteiger partial charge in [0.05, 0.1) is 5.75 Å². The molecule has 1 fully saturated rings. The normalized spacial score (nSPS) is 14.6. The summed E-state index contributed by atoms with van der Waals surface area (Å²) >= 11 is 7.72. The van der Waals surface area contributed by atoms with E-state index in [0.717, 1.165) is 42.4 Å². The molecule has 1 aliphatic rings. The minimum Gasteiger partial charge on any atom is -0.352 e. The second-order valence-corrected chi connectivity index (χ2v) is 11.2. The van der Waals surface area contributed by atoms with Gasteiger partial charge in [0.15, 0.2) is 0 Å². The highest BCUT2D eigenvalue weighted by molar-refractivity contribution is 7.99. The van der Waals surface area contributed by atoms with E-state index in [1.54, 1.807) is 23.1 Å². The predicted molar refractivity (Wildman–Crippen MR) is 154 cm³/mol. The Kier molecular flexibility index (Phi) is 10.6. The van der Waals surface area contributed by atoms with Crippen LogP contribution in [0.15, 0.2) is 78.9 Å². The van der Waals surface area contributed by atoms with Gasteiger partial charge in [-0.15, -0.1) is 11.8 Å². The van der Waals surface area contributed by atoms with E-state index in [1.165, 1.54) is 30.3 Å². The Labute approximate surface area is 234 Å². The first-order valence-corrected chi connectivity index (χ1v) is 14.7. The molecule has 4 nitrogen and oxygen atoms in total. The lowest BCUT2D eigenvalue weighted by Gasteiger charge is -2.33. The highest BCUT2D eigenvalue weighted by Gasteiger charge is 2.31. The molecule has 0 bridgehead atoms. The lowest BCUT2D eigenvalue weighted by molar-refractivity contribution is -0.139. The van der Waals surface area contributed by atoms with E-state index in [0.29, 0.717) is 17.2 Å². The molecule has 0 aliphatic heterocycles. The predicted octanol–water partition coefficient (Wildman–Crippen LogP) is 6.80. The van der Waals surface area contributed by atoms with Gasteiger partial charge in [-0.1, -0.05) is 85.5 Å². The quantitative estimate of drug-likeness (QED) is 0.284. The Balaban J connectivity index is 1.56. The number of halogens is 2. The van der Waals surface area contributed by atoms with Crippen molar-refractivity contribution in [1.82, 2.24) is 10.2 Å². The Hall–Kier alpha value is -2.83. The van der Waals surface area contributed by atoms with Crippen LogP contribution in [0.1, 0.15) is 48.8 Å². The molecule has 7 heteroatoms. The molecule has 3 aromatic rings. The van der Waals surface area contributed by atoms with E-state index in [1.807, 2.05) is 48.5 Å². The average Bonchev–Trinajstić information content (AvgIpc) is 2.93. The van der Waals surface area contributed by atoms with E-state index in [4.69, 9.17) is 11.6 Å². The fraction of sp³-hybridized carbons (Fsp3) is 0.355. The minimum absolute atomic E-state index is 0.111. The van der Waals surface area contributed by atoms with Gasteiger partial charge in [0, 0.05) is 29.8 Å².